The standard InChI is InChI=1S/C14H14F3NO4/c15-14(16,17)11-6-8(13(20)21)3-4-10(11)12(19)18-9-2-1-5-22-7-9/h3-4,6,9H,1-2,5,7H2,(H,18,19)(H,20,21)/t9-/m1/s1. The van der Waals surface area contributed by atoms with Crippen LogP contribution in [0.15, 0.2) is 18.2 Å². The maximum atomic E-state index is 13.0. The number of rotatable bonds is 3. The van der Waals surface area contributed by atoms with E-state index in [0.717, 1.165) is 18.6 Å². The minimum absolute atomic E-state index is 0.250. The zero-order valence-corrected chi connectivity index (χ0v) is 11.4. The zero-order chi connectivity index (χ0) is 16.3. The second-order valence-corrected chi connectivity index (χ2v) is 4.95. The number of carboxylic acids is 1. The van der Waals surface area contributed by atoms with Gasteiger partial charge in [0.1, 0.15) is 0 Å². The molecule has 1 aliphatic heterocycles. The van der Waals surface area contributed by atoms with Crippen LogP contribution in [0.4, 0.5) is 13.2 Å². The molecular weight excluding hydrogens is 303 g/mol. The Kier molecular flexibility index (Phi) is 4.70. The highest BCUT2D eigenvalue weighted by molar-refractivity contribution is 5.97. The molecule has 1 amide bonds. The maximum absolute atomic E-state index is 13.0. The molecule has 1 fully saturated rings. The van der Waals surface area contributed by atoms with Gasteiger partial charge in [-0.1, -0.05) is 0 Å². The Morgan fingerprint density at radius 3 is 2.59 bits per heavy atom. The van der Waals surface area contributed by atoms with E-state index in [-0.39, 0.29) is 12.6 Å². The van der Waals surface area contributed by atoms with E-state index < -0.39 is 34.7 Å². The second kappa shape index (κ2) is 6.35. The minimum atomic E-state index is -4.82. The Morgan fingerprint density at radius 2 is 2.05 bits per heavy atom. The minimum Gasteiger partial charge on any atom is -0.478 e. The third-order valence-electron chi connectivity index (χ3n) is 3.31. The number of hydrogen-bond donors (Lipinski definition) is 2. The summed E-state index contributed by atoms with van der Waals surface area (Å²) < 4.78 is 44.3. The third-order valence-corrected chi connectivity index (χ3v) is 3.31. The molecule has 0 radical (unpaired) electrons. The van der Waals surface area contributed by atoms with Crippen LogP contribution < -0.4 is 5.32 Å². The number of carbonyl (C=O) groups is 2. The topological polar surface area (TPSA) is 75.6 Å². The molecule has 2 rings (SSSR count). The van der Waals surface area contributed by atoms with Gasteiger partial charge in [0.2, 0.25) is 0 Å². The van der Waals surface area contributed by atoms with Crippen LogP contribution in [-0.2, 0) is 10.9 Å². The van der Waals surface area contributed by atoms with Crippen LogP contribution >= 0.6 is 0 Å². The highest BCUT2D eigenvalue weighted by Gasteiger charge is 2.36. The van der Waals surface area contributed by atoms with Crippen LogP contribution in [0.25, 0.3) is 0 Å². The summed E-state index contributed by atoms with van der Waals surface area (Å²) in [6, 6.07) is 1.98. The van der Waals surface area contributed by atoms with Gasteiger partial charge in [0.05, 0.1) is 29.3 Å². The molecule has 1 atom stereocenters. The second-order valence-electron chi connectivity index (χ2n) is 4.95. The van der Waals surface area contributed by atoms with Crippen molar-refractivity contribution in [3.05, 3.63) is 34.9 Å². The Labute approximate surface area is 124 Å². The summed E-state index contributed by atoms with van der Waals surface area (Å²) in [5.41, 5.74) is -2.38. The monoisotopic (exact) mass is 317 g/mol. The number of halogens is 3. The van der Waals surface area contributed by atoms with Gasteiger partial charge < -0.3 is 15.2 Å². The van der Waals surface area contributed by atoms with E-state index in [1.54, 1.807) is 0 Å². The number of nitrogens with one attached hydrogen (secondary N) is 1. The number of aromatic carboxylic acids is 1. The molecule has 120 valence electrons. The fourth-order valence-corrected chi connectivity index (χ4v) is 2.23. The van der Waals surface area contributed by atoms with Crippen molar-refractivity contribution in [1.82, 2.24) is 5.32 Å². The Bertz CT molecular complexity index is 580. The Morgan fingerprint density at radius 1 is 1.32 bits per heavy atom. The van der Waals surface area contributed by atoms with Crippen LogP contribution in [-0.4, -0.2) is 36.2 Å². The number of alkyl halides is 3. The average Bonchev–Trinajstić information content (AvgIpc) is 2.46. The van der Waals surface area contributed by atoms with Gasteiger partial charge in [-0.2, -0.15) is 13.2 Å². The van der Waals surface area contributed by atoms with Crippen LogP contribution in [0.5, 0.6) is 0 Å². The van der Waals surface area contributed by atoms with Crippen molar-refractivity contribution in [1.29, 1.82) is 0 Å². The summed E-state index contributed by atoms with van der Waals surface area (Å²) >= 11 is 0. The van der Waals surface area contributed by atoms with Gasteiger partial charge in [-0.25, -0.2) is 4.79 Å². The first-order chi connectivity index (χ1) is 10.3. The van der Waals surface area contributed by atoms with E-state index in [9.17, 15) is 22.8 Å². The first kappa shape index (κ1) is 16.3. The van der Waals surface area contributed by atoms with Crippen LogP contribution in [0.1, 0.15) is 39.1 Å². The fraction of sp³-hybridized carbons (Fsp3) is 0.429. The van der Waals surface area contributed by atoms with E-state index >= 15 is 0 Å². The van der Waals surface area contributed by atoms with Crippen molar-refractivity contribution in [2.45, 2.75) is 25.1 Å². The molecule has 0 aromatic heterocycles. The van der Waals surface area contributed by atoms with Gasteiger partial charge in [0.25, 0.3) is 5.91 Å². The summed E-state index contributed by atoms with van der Waals surface area (Å²) in [4.78, 5) is 22.8. The van der Waals surface area contributed by atoms with Crippen LogP contribution in [0.2, 0.25) is 0 Å². The number of carboxylic acid groups (broad SMARTS) is 1. The molecule has 1 aromatic rings. The quantitative estimate of drug-likeness (QED) is 0.897. The van der Waals surface area contributed by atoms with Crippen molar-refractivity contribution in [3.63, 3.8) is 0 Å². The van der Waals surface area contributed by atoms with Crippen LogP contribution in [0.3, 0.4) is 0 Å². The molecule has 1 aliphatic rings. The molecule has 8 heteroatoms. The predicted molar refractivity (Wildman–Crippen MR) is 69.7 cm³/mol. The van der Waals surface area contributed by atoms with Gasteiger partial charge in [-0.05, 0) is 31.0 Å². The van der Waals surface area contributed by atoms with Crippen molar-refractivity contribution in [2.24, 2.45) is 0 Å². The largest absolute Gasteiger partial charge is 0.478 e. The number of ether oxygens (including phenoxy) is 1. The lowest BCUT2D eigenvalue weighted by Crippen LogP contribution is -2.41. The molecule has 0 unspecified atom stereocenters. The van der Waals surface area contributed by atoms with Gasteiger partial charge in [0.15, 0.2) is 0 Å². The maximum Gasteiger partial charge on any atom is 0.417 e. The van der Waals surface area contributed by atoms with Crippen molar-refractivity contribution in [2.75, 3.05) is 13.2 Å². The lowest BCUT2D eigenvalue weighted by Gasteiger charge is -2.24. The number of amides is 1. The van der Waals surface area contributed by atoms with E-state index in [2.05, 4.69) is 5.32 Å². The summed E-state index contributed by atoms with van der Waals surface area (Å²) in [7, 11) is 0. The first-order valence-electron chi connectivity index (χ1n) is 6.62. The molecule has 2 N–H and O–H groups in total. The van der Waals surface area contributed by atoms with E-state index in [4.69, 9.17) is 9.84 Å². The molecule has 22 heavy (non-hydrogen) atoms. The molecule has 0 spiro atoms. The molecule has 1 aromatic carbocycles. The first-order valence-corrected chi connectivity index (χ1v) is 6.62. The summed E-state index contributed by atoms with van der Waals surface area (Å²) in [5.74, 6) is -2.38. The number of carbonyl (C=O) groups excluding carboxylic acids is 1. The lowest BCUT2D eigenvalue weighted by atomic mass is 10.0. The summed E-state index contributed by atoms with van der Waals surface area (Å²) in [5, 5.41) is 11.3. The number of benzene rings is 1. The van der Waals surface area contributed by atoms with Crippen molar-refractivity contribution < 1.29 is 32.6 Å². The molecule has 0 aliphatic carbocycles. The highest BCUT2D eigenvalue weighted by atomic mass is 19.4. The van der Waals surface area contributed by atoms with Gasteiger partial charge >= 0.3 is 12.1 Å². The van der Waals surface area contributed by atoms with Crippen molar-refractivity contribution >= 4 is 11.9 Å². The highest BCUT2D eigenvalue weighted by Crippen LogP contribution is 2.33. The molecule has 5 nitrogen and oxygen atoms in total. The summed E-state index contributed by atoms with van der Waals surface area (Å²) in [6.07, 6.45) is -3.48. The lowest BCUT2D eigenvalue weighted by molar-refractivity contribution is -0.138. The zero-order valence-electron chi connectivity index (χ0n) is 11.4. The smallest absolute Gasteiger partial charge is 0.417 e. The molecular formula is C14H14F3NO4. The summed E-state index contributed by atoms with van der Waals surface area (Å²) in [6.45, 7) is 0.813. The Balaban J connectivity index is 2.28. The van der Waals surface area contributed by atoms with E-state index in [1.807, 2.05) is 0 Å². The predicted octanol–water partition coefficient (Wildman–Crippen LogP) is 2.31. The van der Waals surface area contributed by atoms with Crippen molar-refractivity contribution in [3.8, 4) is 0 Å². The molecule has 1 heterocycles. The van der Waals surface area contributed by atoms with Crippen LogP contribution in [0, 0.1) is 0 Å². The molecule has 1 saturated heterocycles. The Hall–Kier alpha value is -2.09. The molecule has 0 bridgehead atoms. The van der Waals surface area contributed by atoms with E-state index in [1.165, 1.54) is 0 Å². The average molecular weight is 317 g/mol. The van der Waals surface area contributed by atoms with Gasteiger partial charge in [-0.3, -0.25) is 4.79 Å². The molecule has 0 saturated carbocycles. The SMILES string of the molecule is O=C(O)c1ccc(C(=O)N[C@@H]2CCCOC2)c(C(F)(F)F)c1. The fourth-order valence-electron chi connectivity index (χ4n) is 2.23. The number of hydrogen-bond acceptors (Lipinski definition) is 3. The van der Waals surface area contributed by atoms with Gasteiger partial charge in [-0.15, -0.1) is 0 Å². The normalized spacial score (nSPS) is 18.8. The third kappa shape index (κ3) is 3.76. The van der Waals surface area contributed by atoms with E-state index in [0.29, 0.717) is 19.1 Å². The van der Waals surface area contributed by atoms with Gasteiger partial charge in [0, 0.05) is 6.61 Å².